The van der Waals surface area contributed by atoms with E-state index in [1.807, 2.05) is 6.92 Å². The molecule has 1 aliphatic rings. The number of carboxylic acid groups (broad SMARTS) is 1. The molecule has 0 spiro atoms. The van der Waals surface area contributed by atoms with Crippen LogP contribution in [0.2, 0.25) is 0 Å². The summed E-state index contributed by atoms with van der Waals surface area (Å²) in [4.78, 5) is 22.3. The number of nitrogens with one attached hydrogen (secondary N) is 1. The second-order valence-corrected chi connectivity index (χ2v) is 5.27. The van der Waals surface area contributed by atoms with Crippen LogP contribution < -0.4 is 10.2 Å². The summed E-state index contributed by atoms with van der Waals surface area (Å²) in [5.41, 5.74) is 1.53. The van der Waals surface area contributed by atoms with E-state index in [-0.39, 0.29) is 5.56 Å². The van der Waals surface area contributed by atoms with Crippen molar-refractivity contribution in [3.63, 3.8) is 0 Å². The third kappa shape index (κ3) is 3.57. The topological polar surface area (TPSA) is 87.6 Å². The summed E-state index contributed by atoms with van der Waals surface area (Å²) < 4.78 is 5.34. The lowest BCUT2D eigenvalue weighted by molar-refractivity contribution is 0.0698. The Morgan fingerprint density at radius 1 is 1.26 bits per heavy atom. The van der Waals surface area contributed by atoms with Crippen LogP contribution in [0.4, 0.5) is 17.5 Å². The fraction of sp³-hybridized carbons (Fsp3) is 0.312. The monoisotopic (exact) mass is 314 g/mol. The third-order valence-corrected chi connectivity index (χ3v) is 3.56. The van der Waals surface area contributed by atoms with Gasteiger partial charge in [-0.05, 0) is 19.1 Å². The summed E-state index contributed by atoms with van der Waals surface area (Å²) in [6.07, 6.45) is 0. The Morgan fingerprint density at radius 2 is 2.00 bits per heavy atom. The maximum Gasteiger partial charge on any atom is 0.337 e. The number of aromatic nitrogens is 2. The predicted molar refractivity (Wildman–Crippen MR) is 86.5 cm³/mol. The molecular formula is C16H18N4O3. The second kappa shape index (κ2) is 6.62. The number of carboxylic acids is 1. The minimum atomic E-state index is -0.979. The summed E-state index contributed by atoms with van der Waals surface area (Å²) in [5, 5.41) is 12.3. The lowest BCUT2D eigenvalue weighted by Crippen LogP contribution is -2.37. The second-order valence-electron chi connectivity index (χ2n) is 5.27. The van der Waals surface area contributed by atoms with Gasteiger partial charge in [0.1, 0.15) is 5.82 Å². The molecule has 2 aromatic rings. The number of hydrogen-bond acceptors (Lipinski definition) is 6. The smallest absolute Gasteiger partial charge is 0.337 e. The van der Waals surface area contributed by atoms with Crippen molar-refractivity contribution in [1.82, 2.24) is 9.97 Å². The molecule has 0 saturated carbocycles. The van der Waals surface area contributed by atoms with E-state index in [1.54, 1.807) is 30.3 Å². The highest BCUT2D eigenvalue weighted by atomic mass is 16.5. The lowest BCUT2D eigenvalue weighted by atomic mass is 10.2. The van der Waals surface area contributed by atoms with Gasteiger partial charge in [0, 0.05) is 24.8 Å². The van der Waals surface area contributed by atoms with Crippen LogP contribution in [0.3, 0.4) is 0 Å². The molecule has 0 unspecified atom stereocenters. The molecule has 120 valence electrons. The predicted octanol–water partition coefficient (Wildman–Crippen LogP) is 2.06. The number of nitrogens with zero attached hydrogens (tertiary/aromatic N) is 3. The first-order valence-electron chi connectivity index (χ1n) is 7.41. The van der Waals surface area contributed by atoms with Crippen molar-refractivity contribution in [2.75, 3.05) is 36.5 Å². The molecule has 3 rings (SSSR count). The largest absolute Gasteiger partial charge is 0.478 e. The van der Waals surface area contributed by atoms with E-state index in [2.05, 4.69) is 20.2 Å². The van der Waals surface area contributed by atoms with Gasteiger partial charge in [0.25, 0.3) is 0 Å². The molecule has 1 aromatic carbocycles. The van der Waals surface area contributed by atoms with Gasteiger partial charge in [0.15, 0.2) is 0 Å². The van der Waals surface area contributed by atoms with Gasteiger partial charge in [-0.2, -0.15) is 4.98 Å². The lowest BCUT2D eigenvalue weighted by Gasteiger charge is -2.27. The van der Waals surface area contributed by atoms with E-state index in [9.17, 15) is 9.90 Å². The van der Waals surface area contributed by atoms with Crippen molar-refractivity contribution in [3.8, 4) is 0 Å². The van der Waals surface area contributed by atoms with Crippen LogP contribution in [-0.2, 0) is 4.74 Å². The Labute approximate surface area is 133 Å². The van der Waals surface area contributed by atoms with E-state index >= 15 is 0 Å². The summed E-state index contributed by atoms with van der Waals surface area (Å²) in [5.74, 6) is 0.226. The van der Waals surface area contributed by atoms with Crippen molar-refractivity contribution >= 4 is 23.4 Å². The Hall–Kier alpha value is -2.67. The summed E-state index contributed by atoms with van der Waals surface area (Å²) in [6, 6.07) is 8.55. The van der Waals surface area contributed by atoms with Crippen molar-refractivity contribution in [2.24, 2.45) is 0 Å². The van der Waals surface area contributed by atoms with Gasteiger partial charge >= 0.3 is 5.97 Å². The van der Waals surface area contributed by atoms with E-state index in [1.165, 1.54) is 0 Å². The van der Waals surface area contributed by atoms with Gasteiger partial charge in [0.2, 0.25) is 5.95 Å². The number of morpholine rings is 1. The fourth-order valence-electron chi connectivity index (χ4n) is 2.44. The van der Waals surface area contributed by atoms with E-state index in [0.717, 1.165) is 18.8 Å². The Bertz CT molecular complexity index is 714. The molecule has 7 heteroatoms. The van der Waals surface area contributed by atoms with Crippen molar-refractivity contribution in [2.45, 2.75) is 6.92 Å². The van der Waals surface area contributed by atoms with Crippen LogP contribution in [0.15, 0.2) is 30.3 Å². The molecule has 0 aliphatic carbocycles. The molecule has 0 amide bonds. The summed E-state index contributed by atoms with van der Waals surface area (Å²) >= 11 is 0. The summed E-state index contributed by atoms with van der Waals surface area (Å²) in [6.45, 7) is 4.69. The highest BCUT2D eigenvalue weighted by Crippen LogP contribution is 2.22. The molecule has 0 bridgehead atoms. The maximum absolute atomic E-state index is 11.3. The summed E-state index contributed by atoms with van der Waals surface area (Å²) in [7, 11) is 0. The fourth-order valence-corrected chi connectivity index (χ4v) is 2.44. The molecule has 1 aromatic heterocycles. The van der Waals surface area contributed by atoms with E-state index < -0.39 is 5.97 Å². The van der Waals surface area contributed by atoms with Crippen LogP contribution in [0.1, 0.15) is 16.1 Å². The first-order chi connectivity index (χ1) is 11.1. The zero-order valence-corrected chi connectivity index (χ0v) is 12.8. The zero-order valence-electron chi connectivity index (χ0n) is 12.8. The normalized spacial score (nSPS) is 14.6. The molecule has 0 radical (unpaired) electrons. The molecule has 23 heavy (non-hydrogen) atoms. The average molecular weight is 314 g/mol. The molecule has 2 heterocycles. The van der Waals surface area contributed by atoms with Gasteiger partial charge in [-0.25, -0.2) is 9.78 Å². The SMILES string of the molecule is Cc1cc(Nc2ccccc2C(=O)O)nc(N2CCOCC2)n1. The first kappa shape index (κ1) is 15.2. The number of aromatic carboxylic acids is 1. The van der Waals surface area contributed by atoms with E-state index in [0.29, 0.717) is 30.7 Å². The van der Waals surface area contributed by atoms with Crippen molar-refractivity contribution < 1.29 is 14.6 Å². The minimum Gasteiger partial charge on any atom is -0.478 e. The number of benzene rings is 1. The molecule has 1 fully saturated rings. The zero-order chi connectivity index (χ0) is 16.2. The molecule has 7 nitrogen and oxygen atoms in total. The highest BCUT2D eigenvalue weighted by molar-refractivity contribution is 5.95. The van der Waals surface area contributed by atoms with Crippen LogP contribution >= 0.6 is 0 Å². The maximum atomic E-state index is 11.3. The van der Waals surface area contributed by atoms with Crippen molar-refractivity contribution in [1.29, 1.82) is 0 Å². The van der Waals surface area contributed by atoms with Crippen LogP contribution in [0.5, 0.6) is 0 Å². The molecule has 2 N–H and O–H groups in total. The minimum absolute atomic E-state index is 0.205. The quantitative estimate of drug-likeness (QED) is 0.893. The number of carbonyl (C=O) groups is 1. The Balaban J connectivity index is 1.88. The van der Waals surface area contributed by atoms with Gasteiger partial charge < -0.3 is 20.1 Å². The number of rotatable bonds is 4. The van der Waals surface area contributed by atoms with Crippen molar-refractivity contribution in [3.05, 3.63) is 41.6 Å². The number of hydrogen-bond donors (Lipinski definition) is 2. The van der Waals surface area contributed by atoms with Gasteiger partial charge in [-0.15, -0.1) is 0 Å². The number of aryl methyl sites for hydroxylation is 1. The number of ether oxygens (including phenoxy) is 1. The van der Waals surface area contributed by atoms with Gasteiger partial charge in [-0.3, -0.25) is 0 Å². The first-order valence-corrected chi connectivity index (χ1v) is 7.41. The van der Waals surface area contributed by atoms with Gasteiger partial charge in [0.05, 0.1) is 24.5 Å². The van der Waals surface area contributed by atoms with Gasteiger partial charge in [-0.1, -0.05) is 12.1 Å². The Morgan fingerprint density at radius 3 is 2.74 bits per heavy atom. The molecule has 0 atom stereocenters. The van der Waals surface area contributed by atoms with Crippen LogP contribution in [-0.4, -0.2) is 47.3 Å². The number of anilines is 3. The Kier molecular flexibility index (Phi) is 4.38. The number of para-hydroxylation sites is 1. The van der Waals surface area contributed by atoms with Crippen LogP contribution in [0, 0.1) is 6.92 Å². The third-order valence-electron chi connectivity index (χ3n) is 3.56. The van der Waals surface area contributed by atoms with E-state index in [4.69, 9.17) is 4.74 Å². The molecule has 1 saturated heterocycles. The molecule has 1 aliphatic heterocycles. The molecular weight excluding hydrogens is 296 g/mol. The van der Waals surface area contributed by atoms with Crippen LogP contribution in [0.25, 0.3) is 0 Å². The highest BCUT2D eigenvalue weighted by Gasteiger charge is 2.16. The average Bonchev–Trinajstić information content (AvgIpc) is 2.55. The standard InChI is InChI=1S/C16H18N4O3/c1-11-10-14(18-13-5-3-2-4-12(13)15(21)22)19-16(17-11)20-6-8-23-9-7-20/h2-5,10H,6-9H2,1H3,(H,21,22)(H,17,18,19).